The highest BCUT2D eigenvalue weighted by molar-refractivity contribution is 7.99. The summed E-state index contributed by atoms with van der Waals surface area (Å²) in [6.45, 7) is 7.88. The number of carbonyl (C=O) groups is 2. The number of rotatable bonds is 11. The van der Waals surface area contributed by atoms with E-state index < -0.39 is 6.04 Å². The Morgan fingerprint density at radius 1 is 1.20 bits per heavy atom. The van der Waals surface area contributed by atoms with Gasteiger partial charge in [-0.3, -0.25) is 9.59 Å². The van der Waals surface area contributed by atoms with Gasteiger partial charge in [0.1, 0.15) is 6.04 Å². The van der Waals surface area contributed by atoms with Gasteiger partial charge in [0.25, 0.3) is 0 Å². The van der Waals surface area contributed by atoms with Crippen molar-refractivity contribution in [1.82, 2.24) is 4.90 Å². The largest absolute Gasteiger partial charge is 0.465 e. The van der Waals surface area contributed by atoms with Crippen molar-refractivity contribution < 1.29 is 14.3 Å². The molecule has 0 spiro atoms. The SMILES string of the molecule is CCCN(CCC)C(=O)CSCCC(N)C(=O)OCC. The number of esters is 1. The Labute approximate surface area is 126 Å². The van der Waals surface area contributed by atoms with Gasteiger partial charge < -0.3 is 15.4 Å². The molecule has 20 heavy (non-hydrogen) atoms. The van der Waals surface area contributed by atoms with Crippen LogP contribution in [-0.4, -0.2) is 54.0 Å². The molecule has 0 aliphatic heterocycles. The molecule has 0 aliphatic carbocycles. The molecule has 0 bridgehead atoms. The standard InChI is InChI=1S/C14H28N2O3S/c1-4-8-16(9-5-2)13(17)11-20-10-7-12(15)14(18)19-6-3/h12H,4-11,15H2,1-3H3. The van der Waals surface area contributed by atoms with Gasteiger partial charge in [0.15, 0.2) is 0 Å². The van der Waals surface area contributed by atoms with Crippen LogP contribution in [0, 0.1) is 0 Å². The third-order valence-corrected chi connectivity index (χ3v) is 3.70. The predicted molar refractivity (Wildman–Crippen MR) is 83.7 cm³/mol. The maximum absolute atomic E-state index is 12.0. The van der Waals surface area contributed by atoms with E-state index in [2.05, 4.69) is 13.8 Å². The predicted octanol–water partition coefficient (Wildman–Crippen LogP) is 1.65. The zero-order valence-electron chi connectivity index (χ0n) is 12.9. The molecule has 0 radical (unpaired) electrons. The lowest BCUT2D eigenvalue weighted by Gasteiger charge is -2.21. The monoisotopic (exact) mass is 304 g/mol. The van der Waals surface area contributed by atoms with Crippen molar-refractivity contribution in [2.24, 2.45) is 5.73 Å². The summed E-state index contributed by atoms with van der Waals surface area (Å²) in [5, 5.41) is 0. The third kappa shape index (κ3) is 8.43. The lowest BCUT2D eigenvalue weighted by atomic mass is 10.2. The van der Waals surface area contributed by atoms with Gasteiger partial charge in [-0.15, -0.1) is 0 Å². The minimum absolute atomic E-state index is 0.170. The van der Waals surface area contributed by atoms with Crippen LogP contribution in [0.1, 0.15) is 40.0 Å². The molecule has 118 valence electrons. The third-order valence-electron chi connectivity index (χ3n) is 2.73. The molecule has 1 atom stereocenters. The molecule has 2 N–H and O–H groups in total. The van der Waals surface area contributed by atoms with Crippen molar-refractivity contribution in [3.8, 4) is 0 Å². The van der Waals surface area contributed by atoms with Crippen molar-refractivity contribution in [1.29, 1.82) is 0 Å². The van der Waals surface area contributed by atoms with Crippen LogP contribution < -0.4 is 5.73 Å². The summed E-state index contributed by atoms with van der Waals surface area (Å²) in [6, 6.07) is -0.583. The molecule has 0 aromatic carbocycles. The number of hydrogen-bond acceptors (Lipinski definition) is 5. The molecule has 0 saturated carbocycles. The molecule has 0 rings (SSSR count). The number of carbonyl (C=O) groups excluding carboxylic acids is 2. The molecule has 0 aliphatic rings. The van der Waals surface area contributed by atoms with Gasteiger partial charge in [-0.2, -0.15) is 11.8 Å². The highest BCUT2D eigenvalue weighted by Crippen LogP contribution is 2.08. The average Bonchev–Trinajstić information content (AvgIpc) is 2.43. The van der Waals surface area contributed by atoms with Crippen molar-refractivity contribution in [2.75, 3.05) is 31.2 Å². The Balaban J connectivity index is 3.87. The Bertz CT molecular complexity index is 282. The quantitative estimate of drug-likeness (QED) is 0.464. The lowest BCUT2D eigenvalue weighted by Crippen LogP contribution is -2.34. The van der Waals surface area contributed by atoms with E-state index in [1.807, 2.05) is 4.90 Å². The van der Waals surface area contributed by atoms with E-state index in [-0.39, 0.29) is 11.9 Å². The molecule has 1 unspecified atom stereocenters. The van der Waals surface area contributed by atoms with Gasteiger partial charge in [-0.05, 0) is 31.9 Å². The van der Waals surface area contributed by atoms with Crippen LogP contribution in [0.25, 0.3) is 0 Å². The van der Waals surface area contributed by atoms with Crippen LogP contribution >= 0.6 is 11.8 Å². The minimum Gasteiger partial charge on any atom is -0.465 e. The number of hydrogen-bond donors (Lipinski definition) is 1. The summed E-state index contributed by atoms with van der Waals surface area (Å²) < 4.78 is 4.84. The van der Waals surface area contributed by atoms with E-state index in [9.17, 15) is 9.59 Å². The number of nitrogens with two attached hydrogens (primary N) is 1. The average molecular weight is 304 g/mol. The fraction of sp³-hybridized carbons (Fsp3) is 0.857. The highest BCUT2D eigenvalue weighted by atomic mass is 32.2. The normalized spacial score (nSPS) is 12.0. The van der Waals surface area contributed by atoms with Gasteiger partial charge in [-0.1, -0.05) is 13.8 Å². The van der Waals surface area contributed by atoms with Crippen LogP contribution in [0.2, 0.25) is 0 Å². The Kier molecular flexibility index (Phi) is 11.6. The van der Waals surface area contributed by atoms with Gasteiger partial charge in [0.2, 0.25) is 5.91 Å². The van der Waals surface area contributed by atoms with Crippen LogP contribution in [0.5, 0.6) is 0 Å². The topological polar surface area (TPSA) is 72.6 Å². The van der Waals surface area contributed by atoms with Crippen LogP contribution in [0.3, 0.4) is 0 Å². The first kappa shape index (κ1) is 19.2. The maximum Gasteiger partial charge on any atom is 0.322 e. The van der Waals surface area contributed by atoms with Gasteiger partial charge in [0, 0.05) is 13.1 Å². The molecular formula is C14H28N2O3S. The molecule has 0 fully saturated rings. The summed E-state index contributed by atoms with van der Waals surface area (Å²) in [5.74, 6) is 0.953. The molecule has 0 heterocycles. The number of amides is 1. The Morgan fingerprint density at radius 2 is 1.80 bits per heavy atom. The summed E-state index contributed by atoms with van der Waals surface area (Å²) in [5.41, 5.74) is 5.69. The van der Waals surface area contributed by atoms with E-state index in [1.54, 1.807) is 6.92 Å². The van der Waals surface area contributed by atoms with Crippen molar-refractivity contribution in [3.63, 3.8) is 0 Å². The summed E-state index contributed by atoms with van der Waals surface area (Å²) >= 11 is 1.53. The molecule has 6 heteroatoms. The van der Waals surface area contributed by atoms with Gasteiger partial charge in [0.05, 0.1) is 12.4 Å². The lowest BCUT2D eigenvalue weighted by molar-refractivity contribution is -0.144. The first-order chi connectivity index (χ1) is 9.56. The first-order valence-corrected chi connectivity index (χ1v) is 8.49. The zero-order valence-corrected chi connectivity index (χ0v) is 13.7. The van der Waals surface area contributed by atoms with Crippen molar-refractivity contribution >= 4 is 23.6 Å². The number of nitrogens with zero attached hydrogens (tertiary/aromatic N) is 1. The van der Waals surface area contributed by atoms with Gasteiger partial charge >= 0.3 is 5.97 Å². The van der Waals surface area contributed by atoms with E-state index in [0.717, 1.165) is 25.9 Å². The second-order valence-corrected chi connectivity index (χ2v) is 5.69. The summed E-state index contributed by atoms with van der Waals surface area (Å²) in [7, 11) is 0. The Morgan fingerprint density at radius 3 is 2.30 bits per heavy atom. The molecule has 5 nitrogen and oxygen atoms in total. The second-order valence-electron chi connectivity index (χ2n) is 4.58. The zero-order chi connectivity index (χ0) is 15.4. The van der Waals surface area contributed by atoms with Crippen molar-refractivity contribution in [3.05, 3.63) is 0 Å². The molecule has 0 aromatic rings. The smallest absolute Gasteiger partial charge is 0.322 e. The van der Waals surface area contributed by atoms with Crippen LogP contribution in [0.4, 0.5) is 0 Å². The maximum atomic E-state index is 12.0. The van der Waals surface area contributed by atoms with E-state index in [0.29, 0.717) is 24.5 Å². The minimum atomic E-state index is -0.583. The first-order valence-electron chi connectivity index (χ1n) is 7.34. The fourth-order valence-corrected chi connectivity index (χ4v) is 2.65. The van der Waals surface area contributed by atoms with E-state index in [1.165, 1.54) is 11.8 Å². The van der Waals surface area contributed by atoms with Gasteiger partial charge in [-0.25, -0.2) is 0 Å². The van der Waals surface area contributed by atoms with Crippen LogP contribution in [-0.2, 0) is 14.3 Å². The molecule has 0 aromatic heterocycles. The second kappa shape index (κ2) is 12.0. The molecule has 0 saturated heterocycles. The molecular weight excluding hydrogens is 276 g/mol. The Hall–Kier alpha value is -0.750. The van der Waals surface area contributed by atoms with E-state index >= 15 is 0 Å². The van der Waals surface area contributed by atoms with Crippen molar-refractivity contribution in [2.45, 2.75) is 46.1 Å². The van der Waals surface area contributed by atoms with Crippen LogP contribution in [0.15, 0.2) is 0 Å². The number of thioether (sulfide) groups is 1. The molecule has 1 amide bonds. The summed E-state index contributed by atoms with van der Waals surface area (Å²) in [6.07, 6.45) is 2.49. The highest BCUT2D eigenvalue weighted by Gasteiger charge is 2.15. The summed E-state index contributed by atoms with van der Waals surface area (Å²) in [4.78, 5) is 25.2. The number of ether oxygens (including phenoxy) is 1. The van der Waals surface area contributed by atoms with E-state index in [4.69, 9.17) is 10.5 Å². The fourth-order valence-electron chi connectivity index (χ4n) is 1.73.